The molecule has 1 aliphatic heterocycles. The summed E-state index contributed by atoms with van der Waals surface area (Å²) in [4.78, 5) is 14.4. The Bertz CT molecular complexity index is 441. The van der Waals surface area contributed by atoms with Crippen LogP contribution in [-0.2, 0) is 4.79 Å². The van der Waals surface area contributed by atoms with Crippen molar-refractivity contribution < 1.29 is 4.79 Å². The molecule has 0 radical (unpaired) electrons. The van der Waals surface area contributed by atoms with E-state index in [4.69, 9.17) is 5.73 Å². The lowest BCUT2D eigenvalue weighted by Crippen LogP contribution is -2.27. The van der Waals surface area contributed by atoms with Crippen LogP contribution in [0.4, 0.5) is 11.4 Å². The van der Waals surface area contributed by atoms with Gasteiger partial charge in [-0.3, -0.25) is 4.79 Å². The number of para-hydroxylation sites is 2. The van der Waals surface area contributed by atoms with Crippen LogP contribution in [-0.4, -0.2) is 25.0 Å². The fourth-order valence-electron chi connectivity index (χ4n) is 2.73. The number of benzene rings is 1. The van der Waals surface area contributed by atoms with Gasteiger partial charge < -0.3 is 16.0 Å². The number of hydrogen-bond donors (Lipinski definition) is 2. The van der Waals surface area contributed by atoms with Gasteiger partial charge in [-0.1, -0.05) is 25.5 Å². The van der Waals surface area contributed by atoms with Gasteiger partial charge in [0.1, 0.15) is 0 Å². The summed E-state index contributed by atoms with van der Waals surface area (Å²) in [5, 5.41) is 3.02. The van der Waals surface area contributed by atoms with Crippen LogP contribution in [0.5, 0.6) is 0 Å². The van der Waals surface area contributed by atoms with Crippen molar-refractivity contribution in [2.45, 2.75) is 45.1 Å². The van der Waals surface area contributed by atoms with Crippen molar-refractivity contribution in [3.05, 3.63) is 24.3 Å². The quantitative estimate of drug-likeness (QED) is 0.839. The first-order valence-corrected chi connectivity index (χ1v) is 7.60. The number of carbonyl (C=O) groups is 1. The topological polar surface area (TPSA) is 58.4 Å². The van der Waals surface area contributed by atoms with E-state index in [0.29, 0.717) is 6.42 Å². The third-order valence-corrected chi connectivity index (χ3v) is 3.73. The van der Waals surface area contributed by atoms with E-state index in [1.165, 1.54) is 12.8 Å². The minimum absolute atomic E-state index is 0.0117. The predicted octanol–water partition coefficient (Wildman–Crippen LogP) is 2.74. The average Bonchev–Trinajstić information content (AvgIpc) is 2.93. The van der Waals surface area contributed by atoms with Crippen molar-refractivity contribution in [3.8, 4) is 0 Å². The van der Waals surface area contributed by atoms with Gasteiger partial charge in [-0.2, -0.15) is 0 Å². The summed E-state index contributed by atoms with van der Waals surface area (Å²) in [6.45, 7) is 4.23. The smallest absolute Gasteiger partial charge is 0.225 e. The lowest BCUT2D eigenvalue weighted by atomic mass is 10.1. The van der Waals surface area contributed by atoms with Crippen LogP contribution < -0.4 is 16.0 Å². The first-order chi connectivity index (χ1) is 9.70. The van der Waals surface area contributed by atoms with E-state index in [1.807, 2.05) is 18.2 Å². The van der Waals surface area contributed by atoms with Crippen molar-refractivity contribution in [1.82, 2.24) is 0 Å². The maximum absolute atomic E-state index is 12.1. The summed E-state index contributed by atoms with van der Waals surface area (Å²) in [6.07, 6.45) is 4.75. The van der Waals surface area contributed by atoms with Gasteiger partial charge in [0.05, 0.1) is 11.4 Å². The Kier molecular flexibility index (Phi) is 5.41. The van der Waals surface area contributed by atoms with Gasteiger partial charge in [0.25, 0.3) is 0 Å². The fraction of sp³-hybridized carbons (Fsp3) is 0.562. The second-order valence-electron chi connectivity index (χ2n) is 5.51. The van der Waals surface area contributed by atoms with E-state index in [9.17, 15) is 4.79 Å². The predicted molar refractivity (Wildman–Crippen MR) is 84.0 cm³/mol. The van der Waals surface area contributed by atoms with Crippen molar-refractivity contribution in [2.75, 3.05) is 23.3 Å². The highest BCUT2D eigenvalue weighted by atomic mass is 16.1. The highest BCUT2D eigenvalue weighted by molar-refractivity contribution is 5.94. The molecule has 110 valence electrons. The zero-order chi connectivity index (χ0) is 14.4. The van der Waals surface area contributed by atoms with Gasteiger partial charge in [-0.05, 0) is 31.4 Å². The monoisotopic (exact) mass is 275 g/mol. The van der Waals surface area contributed by atoms with E-state index in [1.54, 1.807) is 0 Å². The molecule has 1 heterocycles. The molecule has 1 aromatic rings. The molecule has 0 spiro atoms. The molecule has 0 bridgehead atoms. The lowest BCUT2D eigenvalue weighted by molar-refractivity contribution is -0.116. The van der Waals surface area contributed by atoms with Gasteiger partial charge in [-0.15, -0.1) is 0 Å². The summed E-state index contributed by atoms with van der Waals surface area (Å²) in [6, 6.07) is 7.98. The fourth-order valence-corrected chi connectivity index (χ4v) is 2.73. The number of carbonyl (C=O) groups excluding carboxylic acids is 1. The van der Waals surface area contributed by atoms with Gasteiger partial charge in [-0.25, -0.2) is 0 Å². The summed E-state index contributed by atoms with van der Waals surface area (Å²) in [7, 11) is 0. The number of nitrogens with one attached hydrogen (secondary N) is 1. The van der Waals surface area contributed by atoms with E-state index >= 15 is 0 Å². The molecule has 4 heteroatoms. The molecule has 1 aromatic carbocycles. The molecule has 4 nitrogen and oxygen atoms in total. The van der Waals surface area contributed by atoms with Gasteiger partial charge in [0.2, 0.25) is 5.91 Å². The Balaban J connectivity index is 1.99. The van der Waals surface area contributed by atoms with Crippen LogP contribution in [0.1, 0.15) is 39.0 Å². The molecular weight excluding hydrogens is 250 g/mol. The van der Waals surface area contributed by atoms with Crippen LogP contribution >= 0.6 is 0 Å². The Hall–Kier alpha value is -1.55. The number of nitrogens with two attached hydrogens (primary N) is 1. The molecule has 2 rings (SSSR count). The number of hydrogen-bond acceptors (Lipinski definition) is 3. The second-order valence-corrected chi connectivity index (χ2v) is 5.51. The third kappa shape index (κ3) is 3.97. The van der Waals surface area contributed by atoms with Gasteiger partial charge >= 0.3 is 0 Å². The largest absolute Gasteiger partial charge is 0.370 e. The molecule has 1 atom stereocenters. The highest BCUT2D eigenvalue weighted by Crippen LogP contribution is 2.28. The summed E-state index contributed by atoms with van der Waals surface area (Å²) >= 11 is 0. The second kappa shape index (κ2) is 7.29. The highest BCUT2D eigenvalue weighted by Gasteiger charge is 2.17. The van der Waals surface area contributed by atoms with Crippen LogP contribution in [0, 0.1) is 0 Å². The molecule has 20 heavy (non-hydrogen) atoms. The maximum atomic E-state index is 12.1. The van der Waals surface area contributed by atoms with Crippen LogP contribution in [0.3, 0.4) is 0 Å². The first-order valence-electron chi connectivity index (χ1n) is 7.60. The van der Waals surface area contributed by atoms with Gasteiger partial charge in [0.15, 0.2) is 0 Å². The maximum Gasteiger partial charge on any atom is 0.225 e. The normalized spacial score (nSPS) is 16.2. The number of amides is 1. The van der Waals surface area contributed by atoms with Crippen molar-refractivity contribution >= 4 is 17.3 Å². The van der Waals surface area contributed by atoms with Crippen LogP contribution in [0.2, 0.25) is 0 Å². The average molecular weight is 275 g/mol. The van der Waals surface area contributed by atoms with E-state index in [2.05, 4.69) is 23.2 Å². The Morgan fingerprint density at radius 2 is 2.05 bits per heavy atom. The molecule has 1 amide bonds. The zero-order valence-electron chi connectivity index (χ0n) is 12.3. The van der Waals surface area contributed by atoms with E-state index in [-0.39, 0.29) is 11.9 Å². The number of nitrogens with zero attached hydrogens (tertiary/aromatic N) is 1. The number of rotatable bonds is 6. The lowest BCUT2D eigenvalue weighted by Gasteiger charge is -2.21. The number of anilines is 2. The molecule has 0 saturated carbocycles. The third-order valence-electron chi connectivity index (χ3n) is 3.73. The molecule has 1 unspecified atom stereocenters. The van der Waals surface area contributed by atoms with Crippen LogP contribution in [0.25, 0.3) is 0 Å². The molecule has 1 saturated heterocycles. The molecule has 0 aliphatic carbocycles. The first kappa shape index (κ1) is 14.9. The Morgan fingerprint density at radius 3 is 2.75 bits per heavy atom. The summed E-state index contributed by atoms with van der Waals surface area (Å²) in [5.41, 5.74) is 7.96. The minimum Gasteiger partial charge on any atom is -0.370 e. The SMILES string of the molecule is CCCC(N)CC(=O)Nc1ccccc1N1CCCC1. The molecule has 0 aromatic heterocycles. The standard InChI is InChI=1S/C16H25N3O/c1-2-7-13(17)12-16(20)18-14-8-3-4-9-15(14)19-10-5-6-11-19/h3-4,8-9,13H,2,5-7,10-12,17H2,1H3,(H,18,20). The van der Waals surface area contributed by atoms with E-state index < -0.39 is 0 Å². The van der Waals surface area contributed by atoms with Crippen molar-refractivity contribution in [1.29, 1.82) is 0 Å². The van der Waals surface area contributed by atoms with Crippen molar-refractivity contribution in [3.63, 3.8) is 0 Å². The van der Waals surface area contributed by atoms with Crippen molar-refractivity contribution in [2.24, 2.45) is 5.73 Å². The molecule has 1 fully saturated rings. The summed E-state index contributed by atoms with van der Waals surface area (Å²) < 4.78 is 0. The summed E-state index contributed by atoms with van der Waals surface area (Å²) in [5.74, 6) is 0.0117. The van der Waals surface area contributed by atoms with Gasteiger partial charge in [0, 0.05) is 25.6 Å². The molecule has 1 aliphatic rings. The minimum atomic E-state index is -0.0426. The molecular formula is C16H25N3O. The Labute approximate surface area is 121 Å². The van der Waals surface area contributed by atoms with E-state index in [0.717, 1.165) is 37.3 Å². The van der Waals surface area contributed by atoms with Crippen LogP contribution in [0.15, 0.2) is 24.3 Å². The molecule has 3 N–H and O–H groups in total. The Morgan fingerprint density at radius 1 is 1.35 bits per heavy atom. The zero-order valence-corrected chi connectivity index (χ0v) is 12.3.